The molecule has 0 aliphatic rings. The number of unbranched alkanes of at least 4 members (excludes halogenated alkanes) is 30. The van der Waals surface area contributed by atoms with Gasteiger partial charge in [-0.2, -0.15) is 0 Å². The zero-order valence-corrected chi connectivity index (χ0v) is 42.3. The van der Waals surface area contributed by atoms with Crippen LogP contribution < -0.4 is 10.2 Å². The normalized spacial score (nSPS) is 14.8. The van der Waals surface area contributed by atoms with Crippen molar-refractivity contribution in [1.82, 2.24) is 5.32 Å². The van der Waals surface area contributed by atoms with Gasteiger partial charge in [-0.05, 0) is 51.4 Å². The highest BCUT2D eigenvalue weighted by Gasteiger charge is 2.29. The molecule has 0 bridgehead atoms. The number of aliphatic hydroxyl groups excluding tert-OH is 2. The lowest BCUT2D eigenvalue weighted by Crippen LogP contribution is -2.51. The van der Waals surface area contributed by atoms with Crippen molar-refractivity contribution in [3.05, 3.63) is 24.3 Å². The number of nitrogens with zero attached hydrogens (tertiary/aromatic N) is 1. The number of phosphoric acid groups is 1. The first-order chi connectivity index (χ1) is 29.9. The van der Waals surface area contributed by atoms with Crippen LogP contribution in [0.5, 0.6) is 0 Å². The number of likely N-dealkylation sites (N-methyl/N-ethyl adjacent to an activating group) is 1. The summed E-state index contributed by atoms with van der Waals surface area (Å²) in [6.45, 7) is 4.40. The van der Waals surface area contributed by atoms with Crippen molar-refractivity contribution < 1.29 is 38.0 Å². The van der Waals surface area contributed by atoms with Gasteiger partial charge in [0.25, 0.3) is 7.82 Å². The minimum Gasteiger partial charge on any atom is -0.756 e. The number of carbonyl (C=O) groups is 1. The van der Waals surface area contributed by atoms with Gasteiger partial charge in [-0.1, -0.05) is 212 Å². The summed E-state index contributed by atoms with van der Waals surface area (Å²) >= 11 is 0. The highest BCUT2D eigenvalue weighted by molar-refractivity contribution is 7.45. The Morgan fingerprint density at radius 1 is 0.565 bits per heavy atom. The molecule has 0 saturated heterocycles. The highest BCUT2D eigenvalue weighted by Crippen LogP contribution is 2.38. The van der Waals surface area contributed by atoms with Gasteiger partial charge in [-0.15, -0.1) is 0 Å². The van der Waals surface area contributed by atoms with E-state index in [-0.39, 0.29) is 18.9 Å². The molecule has 9 nitrogen and oxygen atoms in total. The van der Waals surface area contributed by atoms with Crippen molar-refractivity contribution >= 4 is 13.7 Å². The molecule has 368 valence electrons. The van der Waals surface area contributed by atoms with Gasteiger partial charge < -0.3 is 34.0 Å². The highest BCUT2D eigenvalue weighted by atomic mass is 31.2. The molecule has 0 radical (unpaired) electrons. The lowest BCUT2D eigenvalue weighted by molar-refractivity contribution is -0.870. The van der Waals surface area contributed by atoms with E-state index in [4.69, 9.17) is 9.05 Å². The molecule has 0 aliphatic heterocycles. The summed E-state index contributed by atoms with van der Waals surface area (Å²) in [5, 5.41) is 24.6. The third-order valence-electron chi connectivity index (χ3n) is 12.0. The predicted molar refractivity (Wildman–Crippen MR) is 262 cm³/mol. The van der Waals surface area contributed by atoms with Crippen LogP contribution in [0.1, 0.15) is 245 Å². The van der Waals surface area contributed by atoms with Crippen molar-refractivity contribution in [1.29, 1.82) is 0 Å². The molecule has 0 rings (SSSR count). The van der Waals surface area contributed by atoms with Crippen LogP contribution in [0.2, 0.25) is 0 Å². The van der Waals surface area contributed by atoms with E-state index in [0.717, 1.165) is 38.5 Å². The van der Waals surface area contributed by atoms with Gasteiger partial charge in [0.05, 0.1) is 39.9 Å². The minimum absolute atomic E-state index is 0.0468. The van der Waals surface area contributed by atoms with Crippen LogP contribution in [0.15, 0.2) is 24.3 Å². The standard InChI is InChI=1S/C52H103N2O7P/c1-6-8-10-12-14-16-18-20-21-22-23-24-25-26-27-28-29-30-31-32-33-35-37-39-41-43-45-51(56)53-49(48-61-62(58,59)60-47-46-54(3,4)5)52(57)50(55)44-42-40-38-36-34-19-17-15-13-11-9-7-2/h15,17,36,38,49-50,52,55,57H,6-14,16,18-35,37,39-48H2,1-5H3,(H-,53,56,58,59)/b17-15+,38-36+. The molecular weight excluding hydrogens is 796 g/mol. The maximum atomic E-state index is 12.9. The average molecular weight is 899 g/mol. The molecule has 0 aliphatic carbocycles. The second-order valence-electron chi connectivity index (χ2n) is 19.4. The third-order valence-corrected chi connectivity index (χ3v) is 13.0. The number of quaternary nitrogens is 1. The molecule has 0 fully saturated rings. The van der Waals surface area contributed by atoms with Gasteiger partial charge >= 0.3 is 0 Å². The maximum absolute atomic E-state index is 12.9. The fraction of sp³-hybridized carbons (Fsp3) is 0.904. The summed E-state index contributed by atoms with van der Waals surface area (Å²) in [5.41, 5.74) is 0. The van der Waals surface area contributed by atoms with E-state index in [1.807, 2.05) is 21.1 Å². The van der Waals surface area contributed by atoms with Crippen LogP contribution in [-0.4, -0.2) is 79.8 Å². The van der Waals surface area contributed by atoms with Crippen LogP contribution in [0.3, 0.4) is 0 Å². The zero-order chi connectivity index (χ0) is 45.8. The van der Waals surface area contributed by atoms with Gasteiger partial charge in [-0.3, -0.25) is 9.36 Å². The zero-order valence-electron chi connectivity index (χ0n) is 41.4. The number of nitrogens with one attached hydrogen (secondary N) is 1. The van der Waals surface area contributed by atoms with Gasteiger partial charge in [0.15, 0.2) is 0 Å². The van der Waals surface area contributed by atoms with Crippen LogP contribution in [0.4, 0.5) is 0 Å². The van der Waals surface area contributed by atoms with E-state index in [0.29, 0.717) is 30.3 Å². The summed E-state index contributed by atoms with van der Waals surface area (Å²) in [6, 6.07) is -1.09. The lowest BCUT2D eigenvalue weighted by Gasteiger charge is -2.31. The minimum atomic E-state index is -4.68. The molecule has 4 unspecified atom stereocenters. The Balaban J connectivity index is 4.22. The molecule has 0 saturated carbocycles. The summed E-state index contributed by atoms with van der Waals surface area (Å²) in [7, 11) is 1.11. The summed E-state index contributed by atoms with van der Waals surface area (Å²) in [4.78, 5) is 25.4. The van der Waals surface area contributed by atoms with Crippen molar-refractivity contribution in [2.75, 3.05) is 40.9 Å². The monoisotopic (exact) mass is 899 g/mol. The Morgan fingerprint density at radius 2 is 0.935 bits per heavy atom. The quantitative estimate of drug-likeness (QED) is 0.0240. The first kappa shape index (κ1) is 60.9. The summed E-state index contributed by atoms with van der Waals surface area (Å²) in [6.07, 6.45) is 49.6. The molecule has 0 aromatic carbocycles. The fourth-order valence-electron chi connectivity index (χ4n) is 7.80. The predicted octanol–water partition coefficient (Wildman–Crippen LogP) is 13.6. The Labute approximate surface area is 384 Å². The van der Waals surface area contributed by atoms with Crippen LogP contribution in [0, 0.1) is 0 Å². The van der Waals surface area contributed by atoms with Crippen LogP contribution in [0.25, 0.3) is 0 Å². The Kier molecular flexibility index (Phi) is 43.1. The first-order valence-corrected chi connectivity index (χ1v) is 27.7. The molecule has 10 heteroatoms. The van der Waals surface area contributed by atoms with Crippen LogP contribution in [-0.2, 0) is 18.4 Å². The van der Waals surface area contributed by atoms with E-state index < -0.39 is 32.7 Å². The summed E-state index contributed by atoms with van der Waals surface area (Å²) in [5.74, 6) is -0.289. The molecule has 0 aromatic heterocycles. The second-order valence-corrected chi connectivity index (χ2v) is 20.8. The molecule has 62 heavy (non-hydrogen) atoms. The third kappa shape index (κ3) is 44.2. The molecule has 0 spiro atoms. The SMILES string of the molecule is CCCCC/C=C/CC/C=C/CCCC(O)C(O)C(COP(=O)([O-])OCC[N+](C)(C)C)NC(=O)CCCCCCCCCCCCCCCCCCCCCCCCCCCC. The largest absolute Gasteiger partial charge is 0.756 e. The second kappa shape index (κ2) is 43.8. The topological polar surface area (TPSA) is 128 Å². The average Bonchev–Trinajstić information content (AvgIpc) is 3.23. The number of amides is 1. The van der Waals surface area contributed by atoms with Crippen LogP contribution >= 0.6 is 7.82 Å². The lowest BCUT2D eigenvalue weighted by atomic mass is 10.0. The Hall–Kier alpha value is -1.06. The number of phosphoric ester groups is 1. The molecule has 1 amide bonds. The van der Waals surface area contributed by atoms with Gasteiger partial charge in [-0.25, -0.2) is 0 Å². The number of aliphatic hydroxyl groups is 2. The Bertz CT molecular complexity index is 1080. The van der Waals surface area contributed by atoms with Crippen molar-refractivity contribution in [3.8, 4) is 0 Å². The van der Waals surface area contributed by atoms with E-state index in [1.54, 1.807) is 0 Å². The van der Waals surface area contributed by atoms with E-state index in [1.165, 1.54) is 167 Å². The van der Waals surface area contributed by atoms with Crippen molar-refractivity contribution in [3.63, 3.8) is 0 Å². The molecular formula is C52H103N2O7P. The number of hydrogen-bond acceptors (Lipinski definition) is 7. The van der Waals surface area contributed by atoms with Gasteiger partial charge in [0.2, 0.25) is 5.91 Å². The molecule has 0 heterocycles. The van der Waals surface area contributed by atoms with E-state index in [2.05, 4.69) is 43.5 Å². The maximum Gasteiger partial charge on any atom is 0.268 e. The van der Waals surface area contributed by atoms with Gasteiger partial charge in [0.1, 0.15) is 19.3 Å². The van der Waals surface area contributed by atoms with Crippen molar-refractivity contribution in [2.24, 2.45) is 0 Å². The van der Waals surface area contributed by atoms with Crippen molar-refractivity contribution in [2.45, 2.75) is 263 Å². The number of hydrogen-bond donors (Lipinski definition) is 3. The Morgan fingerprint density at radius 3 is 1.35 bits per heavy atom. The van der Waals surface area contributed by atoms with E-state index >= 15 is 0 Å². The summed E-state index contributed by atoms with van der Waals surface area (Å²) < 4.78 is 23.2. The molecule has 4 atom stereocenters. The number of carbonyl (C=O) groups excluding carboxylic acids is 1. The fourth-order valence-corrected chi connectivity index (χ4v) is 8.52. The number of rotatable bonds is 48. The number of allylic oxidation sites excluding steroid dienone is 4. The molecule has 3 N–H and O–H groups in total. The first-order valence-electron chi connectivity index (χ1n) is 26.3. The van der Waals surface area contributed by atoms with Gasteiger partial charge in [0, 0.05) is 6.42 Å². The van der Waals surface area contributed by atoms with E-state index in [9.17, 15) is 24.5 Å². The smallest absolute Gasteiger partial charge is 0.268 e. The molecule has 0 aromatic rings.